The summed E-state index contributed by atoms with van der Waals surface area (Å²) in [6.45, 7) is 4.58. The maximum atomic E-state index is 6.18. The summed E-state index contributed by atoms with van der Waals surface area (Å²) in [5.74, 6) is 0.777. The number of fused-ring (bicyclic) bond motifs is 1. The van der Waals surface area contributed by atoms with E-state index in [9.17, 15) is 0 Å². The van der Waals surface area contributed by atoms with Crippen LogP contribution in [0.5, 0.6) is 0 Å². The van der Waals surface area contributed by atoms with Crippen LogP contribution in [0.4, 0.5) is 5.69 Å². The average Bonchev–Trinajstić information content (AvgIpc) is 2.96. The van der Waals surface area contributed by atoms with E-state index >= 15 is 0 Å². The zero-order chi connectivity index (χ0) is 14.3. The third-order valence-corrected chi connectivity index (χ3v) is 5.16. The molecular formula is C18H23ClN+. The Kier molecular flexibility index (Phi) is 3.50. The maximum Gasteiger partial charge on any atom is 0.209 e. The van der Waals surface area contributed by atoms with Crippen molar-refractivity contribution in [3.05, 3.63) is 40.9 Å². The molecule has 106 valence electrons. The van der Waals surface area contributed by atoms with E-state index in [0.29, 0.717) is 0 Å². The van der Waals surface area contributed by atoms with Gasteiger partial charge in [-0.1, -0.05) is 30.5 Å². The molecule has 0 bridgehead atoms. The van der Waals surface area contributed by atoms with E-state index in [-0.39, 0.29) is 5.41 Å². The van der Waals surface area contributed by atoms with E-state index in [0.717, 1.165) is 10.9 Å². The third-order valence-electron chi connectivity index (χ3n) is 4.92. The molecule has 3 rings (SSSR count). The molecule has 1 saturated carbocycles. The summed E-state index contributed by atoms with van der Waals surface area (Å²) in [5, 5.41) is 0.825. The van der Waals surface area contributed by atoms with E-state index in [2.05, 4.69) is 49.8 Å². The Morgan fingerprint density at radius 3 is 2.65 bits per heavy atom. The minimum Gasteiger partial charge on any atom is -0.198 e. The summed E-state index contributed by atoms with van der Waals surface area (Å²) in [7, 11) is 2.16. The van der Waals surface area contributed by atoms with E-state index < -0.39 is 0 Å². The molecule has 1 aliphatic carbocycles. The molecule has 1 fully saturated rings. The van der Waals surface area contributed by atoms with Crippen LogP contribution in [0, 0.1) is 5.92 Å². The molecule has 2 aliphatic rings. The highest BCUT2D eigenvalue weighted by atomic mass is 35.5. The van der Waals surface area contributed by atoms with Gasteiger partial charge in [0.25, 0.3) is 0 Å². The van der Waals surface area contributed by atoms with Gasteiger partial charge in [0.1, 0.15) is 7.05 Å². The summed E-state index contributed by atoms with van der Waals surface area (Å²) in [5.41, 5.74) is 4.02. The van der Waals surface area contributed by atoms with Crippen LogP contribution in [-0.2, 0) is 5.41 Å². The summed E-state index contributed by atoms with van der Waals surface area (Å²) >= 11 is 6.18. The Balaban J connectivity index is 1.97. The Bertz CT molecular complexity index is 589. The van der Waals surface area contributed by atoms with Crippen LogP contribution in [0.3, 0.4) is 0 Å². The molecule has 0 N–H and O–H groups in total. The quantitative estimate of drug-likeness (QED) is 0.667. The number of rotatable bonds is 2. The van der Waals surface area contributed by atoms with E-state index in [1.54, 1.807) is 0 Å². The average molecular weight is 289 g/mol. The van der Waals surface area contributed by atoms with Crippen molar-refractivity contribution in [2.24, 2.45) is 5.92 Å². The van der Waals surface area contributed by atoms with Gasteiger partial charge in [-0.15, -0.1) is 0 Å². The minimum absolute atomic E-state index is 0.0318. The highest BCUT2D eigenvalue weighted by Crippen LogP contribution is 2.40. The molecule has 2 heteroatoms. The molecule has 0 spiro atoms. The number of halogens is 1. The van der Waals surface area contributed by atoms with Gasteiger partial charge in [0.2, 0.25) is 5.69 Å². The smallest absolute Gasteiger partial charge is 0.198 e. The first kappa shape index (κ1) is 13.9. The predicted molar refractivity (Wildman–Crippen MR) is 86.4 cm³/mol. The fourth-order valence-electron chi connectivity index (χ4n) is 3.69. The lowest BCUT2D eigenvalue weighted by molar-refractivity contribution is -0.401. The monoisotopic (exact) mass is 288 g/mol. The maximum absolute atomic E-state index is 6.18. The summed E-state index contributed by atoms with van der Waals surface area (Å²) < 4.78 is 2.32. The van der Waals surface area contributed by atoms with Gasteiger partial charge < -0.3 is 0 Å². The first-order valence-electron chi connectivity index (χ1n) is 7.59. The summed E-state index contributed by atoms with van der Waals surface area (Å²) in [6.07, 6.45) is 10.3. The minimum atomic E-state index is 0.0318. The van der Waals surface area contributed by atoms with Crippen LogP contribution in [0.1, 0.15) is 45.1 Å². The predicted octanol–water partition coefficient (Wildman–Crippen LogP) is 5.09. The van der Waals surface area contributed by atoms with Crippen molar-refractivity contribution in [1.82, 2.24) is 0 Å². The molecule has 0 radical (unpaired) electrons. The number of hydrogen-bond donors (Lipinski definition) is 0. The summed E-state index contributed by atoms with van der Waals surface area (Å²) in [4.78, 5) is 0. The van der Waals surface area contributed by atoms with Crippen molar-refractivity contribution >= 4 is 23.0 Å². The summed E-state index contributed by atoms with van der Waals surface area (Å²) in [6, 6.07) is 6.23. The van der Waals surface area contributed by atoms with Crippen molar-refractivity contribution in [2.45, 2.75) is 44.9 Å². The first-order chi connectivity index (χ1) is 9.50. The van der Waals surface area contributed by atoms with Crippen LogP contribution in [0.15, 0.2) is 30.4 Å². The highest BCUT2D eigenvalue weighted by molar-refractivity contribution is 6.30. The van der Waals surface area contributed by atoms with Crippen LogP contribution < -0.4 is 0 Å². The van der Waals surface area contributed by atoms with Gasteiger partial charge in [-0.05, 0) is 44.7 Å². The standard InChI is InChI=1S/C18H23ClN/c1-18(2)15-12-14(19)9-10-16(15)20(3)17(18)11-8-13-6-4-5-7-13/h8-13H,4-7H2,1-3H3/q+1. The number of allylic oxidation sites excluding steroid dienone is 2. The zero-order valence-corrected chi connectivity index (χ0v) is 13.4. The molecule has 20 heavy (non-hydrogen) atoms. The molecular weight excluding hydrogens is 266 g/mol. The molecule has 0 atom stereocenters. The lowest BCUT2D eigenvalue weighted by Crippen LogP contribution is -2.26. The normalized spacial score (nSPS) is 22.0. The van der Waals surface area contributed by atoms with Crippen molar-refractivity contribution < 1.29 is 4.58 Å². The second-order valence-corrected chi connectivity index (χ2v) is 7.07. The molecule has 1 aromatic rings. The van der Waals surface area contributed by atoms with E-state index in [4.69, 9.17) is 11.6 Å². The molecule has 0 saturated heterocycles. The molecule has 1 aromatic carbocycles. The molecule has 1 heterocycles. The Morgan fingerprint density at radius 1 is 1.25 bits per heavy atom. The highest BCUT2D eigenvalue weighted by Gasteiger charge is 2.42. The van der Waals surface area contributed by atoms with E-state index in [1.807, 2.05) is 6.07 Å². The van der Waals surface area contributed by atoms with Crippen molar-refractivity contribution in [3.8, 4) is 0 Å². The largest absolute Gasteiger partial charge is 0.209 e. The van der Waals surface area contributed by atoms with Crippen LogP contribution >= 0.6 is 11.6 Å². The number of benzene rings is 1. The van der Waals surface area contributed by atoms with Crippen molar-refractivity contribution in [1.29, 1.82) is 0 Å². The van der Waals surface area contributed by atoms with Crippen LogP contribution in [0.25, 0.3) is 0 Å². The number of hydrogen-bond acceptors (Lipinski definition) is 0. The molecule has 0 unspecified atom stereocenters. The van der Waals surface area contributed by atoms with Gasteiger partial charge in [-0.3, -0.25) is 0 Å². The van der Waals surface area contributed by atoms with Gasteiger partial charge in [-0.25, -0.2) is 0 Å². The van der Waals surface area contributed by atoms with Gasteiger partial charge in [0.15, 0.2) is 5.71 Å². The van der Waals surface area contributed by atoms with Crippen LogP contribution in [-0.4, -0.2) is 17.3 Å². The molecule has 1 aliphatic heterocycles. The van der Waals surface area contributed by atoms with Gasteiger partial charge >= 0.3 is 0 Å². The zero-order valence-electron chi connectivity index (χ0n) is 12.6. The Morgan fingerprint density at radius 2 is 1.95 bits per heavy atom. The Hall–Kier alpha value is -1.08. The number of nitrogens with zero attached hydrogens (tertiary/aromatic N) is 1. The van der Waals surface area contributed by atoms with Gasteiger partial charge in [0, 0.05) is 22.7 Å². The SMILES string of the molecule is C[N+]1=C(C=CC2CCCC2)C(C)(C)c2cc(Cl)ccc21. The lowest BCUT2D eigenvalue weighted by atomic mass is 9.81. The first-order valence-corrected chi connectivity index (χ1v) is 7.97. The molecule has 1 nitrogen and oxygen atoms in total. The van der Waals surface area contributed by atoms with Crippen molar-refractivity contribution in [2.75, 3.05) is 7.05 Å². The van der Waals surface area contributed by atoms with Crippen molar-refractivity contribution in [3.63, 3.8) is 0 Å². The van der Waals surface area contributed by atoms with E-state index in [1.165, 1.54) is 42.6 Å². The fraction of sp³-hybridized carbons (Fsp3) is 0.500. The second-order valence-electron chi connectivity index (χ2n) is 6.63. The molecule has 0 amide bonds. The fourth-order valence-corrected chi connectivity index (χ4v) is 3.86. The van der Waals surface area contributed by atoms with Crippen LogP contribution in [0.2, 0.25) is 5.02 Å². The lowest BCUT2D eigenvalue weighted by Gasteiger charge is -2.15. The topological polar surface area (TPSA) is 3.01 Å². The third kappa shape index (κ3) is 2.22. The van der Waals surface area contributed by atoms with Gasteiger partial charge in [0.05, 0.1) is 5.41 Å². The van der Waals surface area contributed by atoms with Gasteiger partial charge in [-0.2, -0.15) is 4.58 Å². The Labute approximate surface area is 127 Å². The molecule has 0 aromatic heterocycles. The second kappa shape index (κ2) is 5.04.